The smallest absolute Gasteiger partial charge is 0.331 e. The number of rotatable bonds is 4. The molecular weight excluding hydrogens is 326 g/mol. The zero-order valence-corrected chi connectivity index (χ0v) is 14.9. The Morgan fingerprint density at radius 2 is 1.81 bits per heavy atom. The quantitative estimate of drug-likeness (QED) is 0.376. The van der Waals surface area contributed by atoms with E-state index in [2.05, 4.69) is 36.3 Å². The first kappa shape index (κ1) is 16.6. The molecule has 4 rings (SSSR count). The minimum atomic E-state index is -0.427. The Hall–Kier alpha value is -2.88. The molecule has 0 bridgehead atoms. The van der Waals surface area contributed by atoms with Crippen molar-refractivity contribution in [3.8, 4) is 0 Å². The van der Waals surface area contributed by atoms with Crippen LogP contribution in [0.4, 0.5) is 0 Å². The van der Waals surface area contributed by atoms with Gasteiger partial charge in [0.1, 0.15) is 11.3 Å². The second-order valence-corrected chi connectivity index (χ2v) is 7.24. The highest BCUT2D eigenvalue weighted by Crippen LogP contribution is 2.49. The van der Waals surface area contributed by atoms with Gasteiger partial charge in [0, 0.05) is 18.2 Å². The van der Waals surface area contributed by atoms with Gasteiger partial charge in [-0.3, -0.25) is 0 Å². The van der Waals surface area contributed by atoms with Crippen molar-refractivity contribution in [3.05, 3.63) is 72.0 Å². The van der Waals surface area contributed by atoms with E-state index in [0.717, 1.165) is 23.8 Å². The molecular formula is C22H21NO3. The van der Waals surface area contributed by atoms with Crippen LogP contribution in [-0.4, -0.2) is 11.7 Å². The number of carbonyl (C=O) groups is 1. The van der Waals surface area contributed by atoms with Gasteiger partial charge in [0.25, 0.3) is 0 Å². The molecule has 0 spiro atoms. The van der Waals surface area contributed by atoms with E-state index >= 15 is 0 Å². The van der Waals surface area contributed by atoms with Crippen molar-refractivity contribution in [1.82, 2.24) is 0 Å². The molecule has 4 heteroatoms. The van der Waals surface area contributed by atoms with Gasteiger partial charge in [-0.25, -0.2) is 4.79 Å². The largest absolute Gasteiger partial charge is 0.455 e. The molecule has 26 heavy (non-hydrogen) atoms. The van der Waals surface area contributed by atoms with Gasteiger partial charge in [-0.1, -0.05) is 60.6 Å². The summed E-state index contributed by atoms with van der Waals surface area (Å²) in [6.07, 6.45) is 1.88. The van der Waals surface area contributed by atoms with Crippen molar-refractivity contribution in [2.24, 2.45) is 11.1 Å². The van der Waals surface area contributed by atoms with Crippen molar-refractivity contribution >= 4 is 22.7 Å². The lowest BCUT2D eigenvalue weighted by atomic mass is 9.58. The molecule has 3 aromatic rings. The van der Waals surface area contributed by atoms with E-state index in [1.54, 1.807) is 0 Å². The van der Waals surface area contributed by atoms with E-state index in [4.69, 9.17) is 9.25 Å². The minimum absolute atomic E-state index is 0.106. The molecule has 0 N–H and O–H groups in total. The average molecular weight is 347 g/mol. The van der Waals surface area contributed by atoms with Crippen LogP contribution in [0, 0.1) is 5.92 Å². The Kier molecular flexibility index (Phi) is 4.11. The molecule has 0 radical (unpaired) electrons. The van der Waals surface area contributed by atoms with Crippen LogP contribution < -0.4 is 0 Å². The van der Waals surface area contributed by atoms with Gasteiger partial charge in [-0.15, -0.1) is 0 Å². The third-order valence-electron chi connectivity index (χ3n) is 5.20. The van der Waals surface area contributed by atoms with Crippen molar-refractivity contribution in [1.29, 1.82) is 0 Å². The number of benzene rings is 2. The highest BCUT2D eigenvalue weighted by molar-refractivity contribution is 6.03. The summed E-state index contributed by atoms with van der Waals surface area (Å²) in [5, 5.41) is 5.16. The fourth-order valence-electron chi connectivity index (χ4n) is 3.84. The molecule has 0 amide bonds. The first-order valence-electron chi connectivity index (χ1n) is 8.85. The number of hydrogen-bond donors (Lipinski definition) is 0. The molecule has 1 aromatic heterocycles. The Morgan fingerprint density at radius 1 is 1.12 bits per heavy atom. The first-order chi connectivity index (χ1) is 12.5. The third-order valence-corrected chi connectivity index (χ3v) is 5.20. The second kappa shape index (κ2) is 6.45. The highest BCUT2D eigenvalue weighted by Gasteiger charge is 2.45. The number of fused-ring (bicyclic) bond motifs is 1. The molecule has 1 fully saturated rings. The van der Waals surface area contributed by atoms with Gasteiger partial charge in [0.2, 0.25) is 0 Å². The standard InChI is InChI=1S/C22H21NO3/c1-15(24)26-23-21(20-12-16-8-6-7-11-19(16)25-20)17-13-22(2,14-17)18-9-4-3-5-10-18/h3-12,17H,13-14H2,1-2H3/b23-21+. The van der Waals surface area contributed by atoms with E-state index in [9.17, 15) is 4.79 Å². The summed E-state index contributed by atoms with van der Waals surface area (Å²) in [7, 11) is 0. The molecule has 1 saturated carbocycles. The summed E-state index contributed by atoms with van der Waals surface area (Å²) < 4.78 is 5.97. The summed E-state index contributed by atoms with van der Waals surface area (Å²) in [5.74, 6) is 0.441. The van der Waals surface area contributed by atoms with Crippen LogP contribution >= 0.6 is 0 Å². The maximum Gasteiger partial charge on any atom is 0.331 e. The van der Waals surface area contributed by atoms with Crippen molar-refractivity contribution < 1.29 is 14.0 Å². The van der Waals surface area contributed by atoms with Gasteiger partial charge in [-0.2, -0.15) is 0 Å². The predicted molar refractivity (Wildman–Crippen MR) is 101 cm³/mol. The molecule has 1 aliphatic rings. The zero-order valence-electron chi connectivity index (χ0n) is 14.9. The topological polar surface area (TPSA) is 51.8 Å². The molecule has 0 atom stereocenters. The molecule has 0 aliphatic heterocycles. The molecule has 4 nitrogen and oxygen atoms in total. The van der Waals surface area contributed by atoms with Crippen molar-refractivity contribution in [2.75, 3.05) is 0 Å². The first-order valence-corrected chi connectivity index (χ1v) is 8.85. The van der Waals surface area contributed by atoms with Crippen LogP contribution in [0.15, 0.2) is 70.2 Å². The van der Waals surface area contributed by atoms with E-state index in [1.165, 1.54) is 12.5 Å². The lowest BCUT2D eigenvalue weighted by Gasteiger charge is -2.45. The van der Waals surface area contributed by atoms with Crippen LogP contribution in [0.3, 0.4) is 0 Å². The monoisotopic (exact) mass is 347 g/mol. The predicted octanol–water partition coefficient (Wildman–Crippen LogP) is 5.07. The minimum Gasteiger partial charge on any atom is -0.455 e. The number of nitrogens with zero attached hydrogens (tertiary/aromatic N) is 1. The van der Waals surface area contributed by atoms with Gasteiger partial charge in [0.05, 0.1) is 0 Å². The maximum atomic E-state index is 11.3. The second-order valence-electron chi connectivity index (χ2n) is 7.24. The molecule has 132 valence electrons. The molecule has 1 heterocycles. The Balaban J connectivity index is 1.63. The summed E-state index contributed by atoms with van der Waals surface area (Å²) in [5.41, 5.74) is 2.95. The SMILES string of the molecule is CC(=O)O/N=C(/c1cc2ccccc2o1)C1CC(C)(c2ccccc2)C1. The summed E-state index contributed by atoms with van der Waals surface area (Å²) in [6, 6.07) is 20.3. The van der Waals surface area contributed by atoms with Gasteiger partial charge >= 0.3 is 5.97 Å². The number of furan rings is 1. The average Bonchev–Trinajstić information content (AvgIpc) is 3.04. The summed E-state index contributed by atoms with van der Waals surface area (Å²) in [4.78, 5) is 16.2. The van der Waals surface area contributed by atoms with Crippen LogP contribution in [0.25, 0.3) is 11.0 Å². The lowest BCUT2D eigenvalue weighted by molar-refractivity contribution is -0.141. The summed E-state index contributed by atoms with van der Waals surface area (Å²) in [6.45, 7) is 3.62. The van der Waals surface area contributed by atoms with Crippen LogP contribution in [0.5, 0.6) is 0 Å². The fourth-order valence-corrected chi connectivity index (χ4v) is 3.84. The van der Waals surface area contributed by atoms with Gasteiger partial charge < -0.3 is 9.25 Å². The van der Waals surface area contributed by atoms with E-state index < -0.39 is 5.97 Å². The van der Waals surface area contributed by atoms with Crippen LogP contribution in [0.2, 0.25) is 0 Å². The number of hydrogen-bond acceptors (Lipinski definition) is 4. The lowest BCUT2D eigenvalue weighted by Crippen LogP contribution is -2.42. The Labute approximate surface area is 152 Å². The molecule has 0 unspecified atom stereocenters. The fraction of sp³-hybridized carbons (Fsp3) is 0.273. The van der Waals surface area contributed by atoms with Gasteiger partial charge in [-0.05, 0) is 36.0 Å². The normalized spacial score (nSPS) is 22.8. The Morgan fingerprint density at radius 3 is 2.50 bits per heavy atom. The van der Waals surface area contributed by atoms with Crippen LogP contribution in [-0.2, 0) is 15.0 Å². The zero-order chi connectivity index (χ0) is 18.1. The molecule has 2 aromatic carbocycles. The maximum absolute atomic E-state index is 11.3. The third kappa shape index (κ3) is 3.03. The number of para-hydroxylation sites is 1. The van der Waals surface area contributed by atoms with Gasteiger partial charge in [0.15, 0.2) is 5.76 Å². The Bertz CT molecular complexity index is 932. The number of oxime groups is 1. The summed E-state index contributed by atoms with van der Waals surface area (Å²) >= 11 is 0. The van der Waals surface area contributed by atoms with E-state index in [1.807, 2.05) is 36.4 Å². The van der Waals surface area contributed by atoms with Crippen LogP contribution in [0.1, 0.15) is 38.0 Å². The van der Waals surface area contributed by atoms with Crippen molar-refractivity contribution in [3.63, 3.8) is 0 Å². The number of carbonyl (C=O) groups excluding carboxylic acids is 1. The highest BCUT2D eigenvalue weighted by atomic mass is 16.7. The molecule has 1 aliphatic carbocycles. The van der Waals surface area contributed by atoms with E-state index in [-0.39, 0.29) is 11.3 Å². The van der Waals surface area contributed by atoms with E-state index in [0.29, 0.717) is 11.5 Å². The molecule has 0 saturated heterocycles. The van der Waals surface area contributed by atoms with Crippen molar-refractivity contribution in [2.45, 2.75) is 32.1 Å².